The van der Waals surface area contributed by atoms with E-state index in [2.05, 4.69) is 10.4 Å². The molecule has 1 N–H and O–H groups in total. The Balaban J connectivity index is 2.31. The standard InChI is InChI=1S/C10H16ClN3O/c1-3-8(11)4-6-12-10(15)9-5-7-14(2)13-9/h5,7-8H,3-4,6H2,1-2H3,(H,12,15). The summed E-state index contributed by atoms with van der Waals surface area (Å²) in [6.45, 7) is 2.62. The van der Waals surface area contributed by atoms with E-state index in [9.17, 15) is 4.79 Å². The molecule has 0 saturated heterocycles. The molecule has 84 valence electrons. The van der Waals surface area contributed by atoms with Gasteiger partial charge in [0, 0.05) is 25.2 Å². The van der Waals surface area contributed by atoms with Gasteiger partial charge in [-0.15, -0.1) is 11.6 Å². The summed E-state index contributed by atoms with van der Waals surface area (Å²) < 4.78 is 1.60. The monoisotopic (exact) mass is 229 g/mol. The van der Waals surface area contributed by atoms with Gasteiger partial charge in [0.25, 0.3) is 5.91 Å². The fourth-order valence-corrected chi connectivity index (χ4v) is 1.28. The van der Waals surface area contributed by atoms with Crippen molar-refractivity contribution in [2.24, 2.45) is 7.05 Å². The van der Waals surface area contributed by atoms with Crippen LogP contribution in [0.4, 0.5) is 0 Å². The molecule has 0 bridgehead atoms. The number of alkyl halides is 1. The first-order valence-corrected chi connectivity index (χ1v) is 5.49. The van der Waals surface area contributed by atoms with Gasteiger partial charge in [0.15, 0.2) is 0 Å². The van der Waals surface area contributed by atoms with Gasteiger partial charge in [-0.25, -0.2) is 0 Å². The second-order valence-electron chi connectivity index (χ2n) is 3.42. The lowest BCUT2D eigenvalue weighted by molar-refractivity contribution is 0.0947. The first-order chi connectivity index (χ1) is 7.13. The van der Waals surface area contributed by atoms with Crippen molar-refractivity contribution in [3.05, 3.63) is 18.0 Å². The molecule has 15 heavy (non-hydrogen) atoms. The fraction of sp³-hybridized carbons (Fsp3) is 0.600. The minimum Gasteiger partial charge on any atom is -0.351 e. The molecule has 5 heteroatoms. The zero-order valence-electron chi connectivity index (χ0n) is 9.03. The Bertz CT molecular complexity index is 324. The van der Waals surface area contributed by atoms with Crippen LogP contribution in [0.25, 0.3) is 0 Å². The molecule has 0 spiro atoms. The molecule has 1 aromatic heterocycles. The lowest BCUT2D eigenvalue weighted by Gasteiger charge is -2.06. The number of nitrogens with one attached hydrogen (secondary N) is 1. The Morgan fingerprint density at radius 2 is 2.47 bits per heavy atom. The topological polar surface area (TPSA) is 46.9 Å². The highest BCUT2D eigenvalue weighted by Crippen LogP contribution is 2.04. The summed E-state index contributed by atoms with van der Waals surface area (Å²) in [7, 11) is 1.78. The number of carbonyl (C=O) groups is 1. The molecule has 0 aromatic carbocycles. The van der Waals surface area contributed by atoms with Crippen LogP contribution in [0.15, 0.2) is 12.3 Å². The number of carbonyl (C=O) groups excluding carboxylic acids is 1. The van der Waals surface area contributed by atoms with Crippen molar-refractivity contribution >= 4 is 17.5 Å². The maximum Gasteiger partial charge on any atom is 0.271 e. The van der Waals surface area contributed by atoms with E-state index >= 15 is 0 Å². The highest BCUT2D eigenvalue weighted by molar-refractivity contribution is 6.20. The third-order valence-electron chi connectivity index (χ3n) is 2.13. The van der Waals surface area contributed by atoms with Gasteiger partial charge < -0.3 is 5.32 Å². The van der Waals surface area contributed by atoms with Crippen LogP contribution in [-0.2, 0) is 7.05 Å². The van der Waals surface area contributed by atoms with Gasteiger partial charge in [-0.1, -0.05) is 6.92 Å². The first-order valence-electron chi connectivity index (χ1n) is 5.05. The van der Waals surface area contributed by atoms with E-state index < -0.39 is 0 Å². The molecule has 0 aliphatic carbocycles. The largest absolute Gasteiger partial charge is 0.351 e. The predicted molar refractivity (Wildman–Crippen MR) is 60.1 cm³/mol. The van der Waals surface area contributed by atoms with E-state index in [1.165, 1.54) is 0 Å². The molecular formula is C10H16ClN3O. The van der Waals surface area contributed by atoms with Crippen LogP contribution in [0.3, 0.4) is 0 Å². The van der Waals surface area contributed by atoms with Crippen molar-refractivity contribution in [2.75, 3.05) is 6.54 Å². The minimum absolute atomic E-state index is 0.133. The molecule has 0 saturated carbocycles. The van der Waals surface area contributed by atoms with Gasteiger partial charge in [-0.3, -0.25) is 9.48 Å². The Kier molecular flexibility index (Phi) is 4.62. The number of nitrogens with zero attached hydrogens (tertiary/aromatic N) is 2. The summed E-state index contributed by atoms with van der Waals surface area (Å²) in [5.74, 6) is -0.143. The van der Waals surface area contributed by atoms with Crippen LogP contribution in [0.2, 0.25) is 0 Å². The quantitative estimate of drug-likeness (QED) is 0.779. The minimum atomic E-state index is -0.143. The van der Waals surface area contributed by atoms with Gasteiger partial charge in [0.05, 0.1) is 0 Å². The molecule has 0 radical (unpaired) electrons. The maximum atomic E-state index is 11.5. The predicted octanol–water partition coefficient (Wildman–Crippen LogP) is 1.56. The second kappa shape index (κ2) is 5.75. The lowest BCUT2D eigenvalue weighted by Crippen LogP contribution is -2.26. The Hall–Kier alpha value is -1.03. The molecule has 1 atom stereocenters. The van der Waals surface area contributed by atoms with Crippen molar-refractivity contribution in [3.63, 3.8) is 0 Å². The van der Waals surface area contributed by atoms with Crippen LogP contribution < -0.4 is 5.32 Å². The summed E-state index contributed by atoms with van der Waals surface area (Å²) in [5, 5.41) is 6.91. The Morgan fingerprint density at radius 3 is 3.00 bits per heavy atom. The van der Waals surface area contributed by atoms with E-state index in [0.29, 0.717) is 12.2 Å². The van der Waals surface area contributed by atoms with Crippen molar-refractivity contribution < 1.29 is 4.79 Å². The molecule has 1 aromatic rings. The lowest BCUT2D eigenvalue weighted by atomic mass is 10.2. The molecule has 1 unspecified atom stereocenters. The highest BCUT2D eigenvalue weighted by Gasteiger charge is 2.08. The average molecular weight is 230 g/mol. The molecule has 4 nitrogen and oxygen atoms in total. The van der Waals surface area contributed by atoms with Crippen molar-refractivity contribution in [1.29, 1.82) is 0 Å². The van der Waals surface area contributed by atoms with Crippen LogP contribution >= 0.6 is 11.6 Å². The number of hydrogen-bond acceptors (Lipinski definition) is 2. The van der Waals surface area contributed by atoms with Gasteiger partial charge >= 0.3 is 0 Å². The number of amides is 1. The van der Waals surface area contributed by atoms with Gasteiger partial charge in [0.1, 0.15) is 5.69 Å². The summed E-state index contributed by atoms with van der Waals surface area (Å²) in [5.41, 5.74) is 0.445. The summed E-state index contributed by atoms with van der Waals surface area (Å²) in [4.78, 5) is 11.5. The molecule has 0 aliphatic rings. The Labute approximate surface area is 94.6 Å². The summed E-state index contributed by atoms with van der Waals surface area (Å²) in [6, 6.07) is 1.69. The normalized spacial score (nSPS) is 12.5. The second-order valence-corrected chi connectivity index (χ2v) is 4.04. The number of aromatic nitrogens is 2. The van der Waals surface area contributed by atoms with Crippen molar-refractivity contribution in [3.8, 4) is 0 Å². The van der Waals surface area contributed by atoms with Crippen LogP contribution in [0.5, 0.6) is 0 Å². The molecule has 0 fully saturated rings. The van der Waals surface area contributed by atoms with E-state index in [1.807, 2.05) is 6.92 Å². The van der Waals surface area contributed by atoms with Crippen LogP contribution in [0.1, 0.15) is 30.3 Å². The number of hydrogen-bond donors (Lipinski definition) is 1. The smallest absolute Gasteiger partial charge is 0.271 e. The SMILES string of the molecule is CCC(Cl)CCNC(=O)c1ccn(C)n1. The number of halogens is 1. The number of rotatable bonds is 5. The van der Waals surface area contributed by atoms with Crippen LogP contribution in [-0.4, -0.2) is 27.6 Å². The van der Waals surface area contributed by atoms with Gasteiger partial charge in [-0.2, -0.15) is 5.10 Å². The molecular weight excluding hydrogens is 214 g/mol. The third kappa shape index (κ3) is 3.91. The molecule has 1 rings (SSSR count). The maximum absolute atomic E-state index is 11.5. The number of aryl methyl sites for hydroxylation is 1. The van der Waals surface area contributed by atoms with Crippen LogP contribution in [0, 0.1) is 0 Å². The molecule has 0 aliphatic heterocycles. The van der Waals surface area contributed by atoms with E-state index in [1.54, 1.807) is 24.0 Å². The summed E-state index contributed by atoms with van der Waals surface area (Å²) >= 11 is 5.93. The highest BCUT2D eigenvalue weighted by atomic mass is 35.5. The van der Waals surface area contributed by atoms with Gasteiger partial charge in [0.2, 0.25) is 0 Å². The fourth-order valence-electron chi connectivity index (χ4n) is 1.17. The van der Waals surface area contributed by atoms with E-state index in [-0.39, 0.29) is 11.3 Å². The van der Waals surface area contributed by atoms with E-state index in [4.69, 9.17) is 11.6 Å². The molecule has 1 amide bonds. The zero-order valence-corrected chi connectivity index (χ0v) is 9.79. The average Bonchev–Trinajstić information content (AvgIpc) is 2.64. The van der Waals surface area contributed by atoms with Crippen molar-refractivity contribution in [1.82, 2.24) is 15.1 Å². The van der Waals surface area contributed by atoms with E-state index in [0.717, 1.165) is 12.8 Å². The summed E-state index contributed by atoms with van der Waals surface area (Å²) in [6.07, 6.45) is 3.45. The third-order valence-corrected chi connectivity index (χ3v) is 2.66. The molecule has 1 heterocycles. The first kappa shape index (κ1) is 12.0. The van der Waals surface area contributed by atoms with Gasteiger partial charge in [-0.05, 0) is 18.9 Å². The zero-order chi connectivity index (χ0) is 11.3. The Morgan fingerprint density at radius 1 is 1.73 bits per heavy atom. The van der Waals surface area contributed by atoms with Crippen molar-refractivity contribution in [2.45, 2.75) is 25.1 Å².